The molecule has 0 bridgehead atoms. The highest BCUT2D eigenvalue weighted by Crippen LogP contribution is 2.37. The Morgan fingerprint density at radius 3 is 2.56 bits per heavy atom. The Bertz CT molecular complexity index is 626. The van der Waals surface area contributed by atoms with E-state index in [1.165, 1.54) is 12.1 Å². The summed E-state index contributed by atoms with van der Waals surface area (Å²) < 4.78 is 0.755. The number of rotatable bonds is 2. The van der Waals surface area contributed by atoms with Gasteiger partial charge in [-0.2, -0.15) is 0 Å². The highest BCUT2D eigenvalue weighted by Gasteiger charge is 2.18. The van der Waals surface area contributed by atoms with E-state index in [-0.39, 0.29) is 11.4 Å². The van der Waals surface area contributed by atoms with Gasteiger partial charge in [0, 0.05) is 16.1 Å². The minimum Gasteiger partial charge on any atom is -0.507 e. The third kappa shape index (κ3) is 2.36. The molecule has 0 heterocycles. The number of nitro benzene ring substituents is 1. The lowest BCUT2D eigenvalue weighted by atomic mass is 10.0. The zero-order valence-corrected chi connectivity index (χ0v) is 11.1. The minimum absolute atomic E-state index is 0.0107. The van der Waals surface area contributed by atoms with Gasteiger partial charge in [-0.3, -0.25) is 10.1 Å². The molecule has 18 heavy (non-hydrogen) atoms. The number of hydrogen-bond acceptors (Lipinski definition) is 3. The van der Waals surface area contributed by atoms with Crippen LogP contribution in [-0.2, 0) is 0 Å². The Kier molecular flexibility index (Phi) is 3.34. The smallest absolute Gasteiger partial charge is 0.277 e. The summed E-state index contributed by atoms with van der Waals surface area (Å²) >= 11 is 3.29. The standard InChI is InChI=1S/C13H10BrNO3/c1-8-2-4-10(12(6-8)15(17)18)11-7-9(14)3-5-13(11)16/h2-7,16H,1H3. The van der Waals surface area contributed by atoms with Crippen LogP contribution in [0.2, 0.25) is 0 Å². The van der Waals surface area contributed by atoms with E-state index >= 15 is 0 Å². The van der Waals surface area contributed by atoms with E-state index in [9.17, 15) is 15.2 Å². The molecule has 0 aliphatic heterocycles. The van der Waals surface area contributed by atoms with Crippen molar-refractivity contribution in [1.82, 2.24) is 0 Å². The molecule has 0 saturated carbocycles. The van der Waals surface area contributed by atoms with Gasteiger partial charge in [0.2, 0.25) is 0 Å². The van der Waals surface area contributed by atoms with Crippen molar-refractivity contribution in [1.29, 1.82) is 0 Å². The van der Waals surface area contributed by atoms with E-state index in [0.29, 0.717) is 11.1 Å². The number of phenols is 1. The largest absolute Gasteiger partial charge is 0.507 e. The Morgan fingerprint density at radius 2 is 1.89 bits per heavy atom. The monoisotopic (exact) mass is 307 g/mol. The first-order valence-corrected chi connectivity index (χ1v) is 6.02. The number of phenolic OH excluding ortho intramolecular Hbond substituents is 1. The summed E-state index contributed by atoms with van der Waals surface area (Å²) in [5, 5.41) is 20.9. The van der Waals surface area contributed by atoms with Crippen molar-refractivity contribution in [2.45, 2.75) is 6.92 Å². The normalized spacial score (nSPS) is 10.3. The van der Waals surface area contributed by atoms with Crippen molar-refractivity contribution in [2.24, 2.45) is 0 Å². The molecule has 92 valence electrons. The molecule has 0 radical (unpaired) electrons. The predicted octanol–water partition coefficient (Wildman–Crippen LogP) is 4.04. The molecule has 5 heteroatoms. The fourth-order valence-electron chi connectivity index (χ4n) is 1.74. The SMILES string of the molecule is Cc1ccc(-c2cc(Br)ccc2O)c([N+](=O)[O-])c1. The van der Waals surface area contributed by atoms with Crippen LogP contribution in [0.3, 0.4) is 0 Å². The summed E-state index contributed by atoms with van der Waals surface area (Å²) in [4.78, 5) is 10.6. The first-order valence-electron chi connectivity index (χ1n) is 5.23. The second-order valence-corrected chi connectivity index (χ2v) is 4.85. The van der Waals surface area contributed by atoms with Crippen molar-refractivity contribution in [2.75, 3.05) is 0 Å². The highest BCUT2D eigenvalue weighted by molar-refractivity contribution is 9.10. The number of hydrogen-bond donors (Lipinski definition) is 1. The molecule has 2 aromatic rings. The Labute approximate surface area is 112 Å². The van der Waals surface area contributed by atoms with Crippen LogP contribution >= 0.6 is 15.9 Å². The molecule has 0 fully saturated rings. The highest BCUT2D eigenvalue weighted by atomic mass is 79.9. The van der Waals surface area contributed by atoms with Crippen LogP contribution < -0.4 is 0 Å². The van der Waals surface area contributed by atoms with Crippen molar-refractivity contribution >= 4 is 21.6 Å². The van der Waals surface area contributed by atoms with Gasteiger partial charge in [0.1, 0.15) is 5.75 Å². The van der Waals surface area contributed by atoms with Crippen LogP contribution in [0.15, 0.2) is 40.9 Å². The molecule has 0 aliphatic rings. The van der Waals surface area contributed by atoms with Crippen molar-refractivity contribution in [3.8, 4) is 16.9 Å². The maximum Gasteiger partial charge on any atom is 0.277 e. The molecule has 1 N–H and O–H groups in total. The summed E-state index contributed by atoms with van der Waals surface area (Å²) in [6, 6.07) is 9.77. The number of aryl methyl sites for hydroxylation is 1. The predicted molar refractivity (Wildman–Crippen MR) is 72.6 cm³/mol. The average Bonchev–Trinajstić information content (AvgIpc) is 2.32. The lowest BCUT2D eigenvalue weighted by Crippen LogP contribution is -1.93. The summed E-state index contributed by atoms with van der Waals surface area (Å²) in [6.07, 6.45) is 0. The zero-order chi connectivity index (χ0) is 13.3. The maximum absolute atomic E-state index is 11.1. The van der Waals surface area contributed by atoms with Gasteiger partial charge in [-0.25, -0.2) is 0 Å². The molecule has 2 rings (SSSR count). The van der Waals surface area contributed by atoms with Crippen LogP contribution in [-0.4, -0.2) is 10.0 Å². The van der Waals surface area contributed by atoms with Crippen LogP contribution in [0.4, 0.5) is 5.69 Å². The number of nitro groups is 1. The zero-order valence-electron chi connectivity index (χ0n) is 9.55. The third-order valence-corrected chi connectivity index (χ3v) is 3.09. The Morgan fingerprint density at radius 1 is 1.17 bits per heavy atom. The lowest BCUT2D eigenvalue weighted by Gasteiger charge is -2.07. The van der Waals surface area contributed by atoms with Crippen molar-refractivity contribution in [3.63, 3.8) is 0 Å². The molecular formula is C13H10BrNO3. The fourth-order valence-corrected chi connectivity index (χ4v) is 2.11. The molecule has 0 atom stereocenters. The summed E-state index contributed by atoms with van der Waals surface area (Å²) in [6.45, 7) is 1.79. The van der Waals surface area contributed by atoms with Crippen LogP contribution in [0.25, 0.3) is 11.1 Å². The molecule has 0 aromatic heterocycles. The lowest BCUT2D eigenvalue weighted by molar-refractivity contribution is -0.384. The maximum atomic E-state index is 11.1. The van der Waals surface area contributed by atoms with Crippen LogP contribution in [0, 0.1) is 17.0 Å². The van der Waals surface area contributed by atoms with E-state index in [4.69, 9.17) is 0 Å². The van der Waals surface area contributed by atoms with Crippen LogP contribution in [0.5, 0.6) is 5.75 Å². The molecule has 2 aromatic carbocycles. The molecular weight excluding hydrogens is 298 g/mol. The topological polar surface area (TPSA) is 63.4 Å². The number of benzene rings is 2. The molecule has 0 unspecified atom stereocenters. The van der Waals surface area contributed by atoms with E-state index in [1.54, 1.807) is 31.2 Å². The fraction of sp³-hybridized carbons (Fsp3) is 0.0769. The number of nitrogens with zero attached hydrogens (tertiary/aromatic N) is 1. The summed E-state index contributed by atoms with van der Waals surface area (Å²) in [7, 11) is 0. The quantitative estimate of drug-likeness (QED) is 0.672. The molecule has 0 spiro atoms. The summed E-state index contributed by atoms with van der Waals surface area (Å²) in [5.74, 6) is 0.0187. The first-order chi connectivity index (χ1) is 8.49. The van der Waals surface area contributed by atoms with Gasteiger partial charge < -0.3 is 5.11 Å². The van der Waals surface area contributed by atoms with E-state index in [2.05, 4.69) is 15.9 Å². The molecule has 0 saturated heterocycles. The van der Waals surface area contributed by atoms with Crippen molar-refractivity contribution < 1.29 is 10.0 Å². The minimum atomic E-state index is -0.442. The number of halogens is 1. The van der Waals surface area contributed by atoms with Gasteiger partial charge in [0.15, 0.2) is 0 Å². The van der Waals surface area contributed by atoms with Gasteiger partial charge in [-0.05, 0) is 36.8 Å². The average molecular weight is 308 g/mol. The van der Waals surface area contributed by atoms with Crippen LogP contribution in [0.1, 0.15) is 5.56 Å². The van der Waals surface area contributed by atoms with Gasteiger partial charge in [-0.15, -0.1) is 0 Å². The Balaban J connectivity index is 2.70. The van der Waals surface area contributed by atoms with E-state index in [0.717, 1.165) is 10.0 Å². The van der Waals surface area contributed by atoms with Gasteiger partial charge in [-0.1, -0.05) is 22.0 Å². The number of aromatic hydroxyl groups is 1. The van der Waals surface area contributed by atoms with Gasteiger partial charge in [0.05, 0.1) is 10.5 Å². The first kappa shape index (κ1) is 12.6. The molecule has 4 nitrogen and oxygen atoms in total. The molecule has 0 aliphatic carbocycles. The summed E-state index contributed by atoms with van der Waals surface area (Å²) in [5.41, 5.74) is 1.64. The van der Waals surface area contributed by atoms with Gasteiger partial charge >= 0.3 is 0 Å². The molecule has 0 amide bonds. The second kappa shape index (κ2) is 4.78. The van der Waals surface area contributed by atoms with E-state index < -0.39 is 4.92 Å². The third-order valence-electron chi connectivity index (χ3n) is 2.60. The van der Waals surface area contributed by atoms with E-state index in [1.807, 2.05) is 0 Å². The Hall–Kier alpha value is -1.88. The van der Waals surface area contributed by atoms with Crippen molar-refractivity contribution in [3.05, 3.63) is 56.5 Å². The second-order valence-electron chi connectivity index (χ2n) is 3.94. The van der Waals surface area contributed by atoms with Gasteiger partial charge in [0.25, 0.3) is 5.69 Å².